The largest absolute Gasteiger partial charge is 0.365 e. The highest BCUT2D eigenvalue weighted by Gasteiger charge is 2.41. The van der Waals surface area contributed by atoms with Crippen LogP contribution in [0.3, 0.4) is 0 Å². The summed E-state index contributed by atoms with van der Waals surface area (Å²) in [5.41, 5.74) is 6.49. The molecule has 0 aliphatic carbocycles. The Hall–Kier alpha value is -2.50. The Kier molecular flexibility index (Phi) is 8.97. The highest BCUT2D eigenvalue weighted by molar-refractivity contribution is 7.89. The minimum Gasteiger partial charge on any atom is -0.365 e. The van der Waals surface area contributed by atoms with E-state index in [1.165, 1.54) is 52.1 Å². The monoisotopic (exact) mass is 552 g/mol. The number of carbonyl (C=O) groups excluding carboxylic acids is 2. The van der Waals surface area contributed by atoms with Crippen LogP contribution >= 0.6 is 23.7 Å². The van der Waals surface area contributed by atoms with E-state index in [9.17, 15) is 18.0 Å². The first-order valence-corrected chi connectivity index (χ1v) is 13.4. The maximum Gasteiger partial charge on any atom is 0.256 e. The van der Waals surface area contributed by atoms with Gasteiger partial charge < -0.3 is 16.4 Å². The molecule has 0 bridgehead atoms. The molecule has 1 aromatic heterocycles. The maximum absolute atomic E-state index is 13.0. The second kappa shape index (κ2) is 10.9. The van der Waals surface area contributed by atoms with E-state index in [1.54, 1.807) is 0 Å². The van der Waals surface area contributed by atoms with Gasteiger partial charge in [0.05, 0.1) is 10.5 Å². The highest BCUT2D eigenvalue weighted by Crippen LogP contribution is 2.45. The lowest BCUT2D eigenvalue weighted by molar-refractivity contribution is 0.0999. The van der Waals surface area contributed by atoms with Crippen molar-refractivity contribution < 1.29 is 18.0 Å². The van der Waals surface area contributed by atoms with Gasteiger partial charge in [0, 0.05) is 34.6 Å². The van der Waals surface area contributed by atoms with Gasteiger partial charge in [-0.2, -0.15) is 4.31 Å². The number of thiophene rings is 1. The first-order chi connectivity index (χ1) is 16.2. The topological polar surface area (TPSA) is 122 Å². The van der Waals surface area contributed by atoms with Crippen molar-refractivity contribution in [3.8, 4) is 0 Å². The molecular weight excluding hydrogens is 520 g/mol. The molecule has 2 amide bonds. The van der Waals surface area contributed by atoms with E-state index in [4.69, 9.17) is 5.73 Å². The molecule has 196 valence electrons. The Labute approximate surface area is 223 Å². The molecule has 0 atom stereocenters. The van der Waals surface area contributed by atoms with Gasteiger partial charge in [-0.1, -0.05) is 12.2 Å². The fraction of sp³-hybridized carbons (Fsp3) is 0.360. The van der Waals surface area contributed by atoms with Crippen LogP contribution in [0.15, 0.2) is 54.5 Å². The Morgan fingerprint density at radius 3 is 2.19 bits per heavy atom. The summed E-state index contributed by atoms with van der Waals surface area (Å²) in [4.78, 5) is 26.4. The van der Waals surface area contributed by atoms with Gasteiger partial charge in [0.1, 0.15) is 5.00 Å². The van der Waals surface area contributed by atoms with Crippen LogP contribution in [0.1, 0.15) is 58.9 Å². The lowest BCUT2D eigenvalue weighted by atomic mass is 9.81. The quantitative estimate of drug-likeness (QED) is 0.405. The summed E-state index contributed by atoms with van der Waals surface area (Å²) < 4.78 is 27.0. The summed E-state index contributed by atoms with van der Waals surface area (Å²) in [6.07, 6.45) is 3.59. The number of hydrogen-bond donors (Lipinski definition) is 3. The van der Waals surface area contributed by atoms with Gasteiger partial charge in [0.15, 0.2) is 0 Å². The molecule has 0 unspecified atom stereocenters. The molecule has 0 spiro atoms. The summed E-state index contributed by atoms with van der Waals surface area (Å²) in [6.45, 7) is 15.6. The molecule has 2 heterocycles. The number of nitrogens with two attached hydrogens (primary N) is 1. The predicted molar refractivity (Wildman–Crippen MR) is 148 cm³/mol. The molecule has 0 saturated carbocycles. The second-order valence-electron chi connectivity index (χ2n) is 9.67. The Balaban J connectivity index is 0.00000456. The SMILES string of the molecule is C=CCN(CC=C)S(=O)(=O)c1ccc(C(=O)Nc2sc3c(c2C(N)=O)CC(C)(C)NC3(C)C)cc1.Cl. The number of fused-ring (bicyclic) bond motifs is 1. The molecule has 0 fully saturated rings. The average Bonchev–Trinajstić information content (AvgIpc) is 3.10. The van der Waals surface area contributed by atoms with Crippen LogP contribution in [0.5, 0.6) is 0 Å². The van der Waals surface area contributed by atoms with E-state index in [0.29, 0.717) is 17.0 Å². The van der Waals surface area contributed by atoms with Crippen LogP contribution in [-0.4, -0.2) is 43.2 Å². The zero-order valence-electron chi connectivity index (χ0n) is 20.9. The number of nitrogens with one attached hydrogen (secondary N) is 2. The number of primary amides is 1. The zero-order valence-corrected chi connectivity index (χ0v) is 23.3. The molecule has 0 radical (unpaired) electrons. The van der Waals surface area contributed by atoms with Crippen molar-refractivity contribution >= 4 is 50.6 Å². The van der Waals surface area contributed by atoms with Crippen molar-refractivity contribution in [2.45, 2.75) is 50.1 Å². The lowest BCUT2D eigenvalue weighted by Crippen LogP contribution is -2.55. The van der Waals surface area contributed by atoms with Crippen molar-refractivity contribution in [2.24, 2.45) is 5.73 Å². The van der Waals surface area contributed by atoms with Crippen LogP contribution in [0.25, 0.3) is 0 Å². The molecule has 0 saturated heterocycles. The van der Waals surface area contributed by atoms with Crippen molar-refractivity contribution in [1.29, 1.82) is 0 Å². The van der Waals surface area contributed by atoms with Gasteiger partial charge in [0.25, 0.3) is 11.8 Å². The molecule has 2 aromatic rings. The molecule has 1 aliphatic heterocycles. The van der Waals surface area contributed by atoms with Gasteiger partial charge >= 0.3 is 0 Å². The van der Waals surface area contributed by atoms with Gasteiger partial charge in [-0.15, -0.1) is 36.9 Å². The average molecular weight is 553 g/mol. The number of amides is 2. The standard InChI is InChI=1S/C25H32N4O4S2.ClH/c1-7-13-29(14-8-2)35(32,33)17-11-9-16(10-12-17)22(31)27-23-19(21(26)30)18-15-24(3,4)28-25(5,6)20(18)34-23;/h7-12,28H,1-2,13-15H2,3-6H3,(H2,26,30)(H,27,31);1H. The minimum absolute atomic E-state index is 0. The molecule has 36 heavy (non-hydrogen) atoms. The van der Waals surface area contributed by atoms with Gasteiger partial charge in [-0.25, -0.2) is 8.42 Å². The number of sulfonamides is 1. The minimum atomic E-state index is -3.78. The number of anilines is 1. The summed E-state index contributed by atoms with van der Waals surface area (Å²) in [7, 11) is -3.78. The molecule has 11 heteroatoms. The van der Waals surface area contributed by atoms with Crippen molar-refractivity contribution in [1.82, 2.24) is 9.62 Å². The van der Waals surface area contributed by atoms with Crippen molar-refractivity contribution in [3.63, 3.8) is 0 Å². The molecule has 1 aromatic carbocycles. The lowest BCUT2D eigenvalue weighted by Gasteiger charge is -2.42. The first kappa shape index (κ1) is 29.7. The van der Waals surface area contributed by atoms with Crippen LogP contribution in [0, 0.1) is 0 Å². The number of halogens is 1. The summed E-state index contributed by atoms with van der Waals surface area (Å²) >= 11 is 1.33. The van der Waals surface area contributed by atoms with Crippen molar-refractivity contribution in [2.75, 3.05) is 18.4 Å². The molecular formula is C25H33ClN4O4S2. The van der Waals surface area contributed by atoms with E-state index in [2.05, 4.69) is 37.6 Å². The second-order valence-corrected chi connectivity index (χ2v) is 12.6. The number of carbonyl (C=O) groups is 2. The first-order valence-electron chi connectivity index (χ1n) is 11.1. The maximum atomic E-state index is 13.0. The number of hydrogen-bond acceptors (Lipinski definition) is 6. The van der Waals surface area contributed by atoms with Crippen LogP contribution in [0.4, 0.5) is 5.00 Å². The van der Waals surface area contributed by atoms with Crippen molar-refractivity contribution in [3.05, 3.63) is 71.1 Å². The normalized spacial score (nSPS) is 15.9. The number of nitrogens with zero attached hydrogens (tertiary/aromatic N) is 1. The van der Waals surface area contributed by atoms with Crippen LogP contribution < -0.4 is 16.4 Å². The Morgan fingerprint density at radius 2 is 1.69 bits per heavy atom. The Bertz CT molecular complexity index is 1270. The fourth-order valence-corrected chi connectivity index (χ4v) is 7.20. The summed E-state index contributed by atoms with van der Waals surface area (Å²) in [5.74, 6) is -1.06. The highest BCUT2D eigenvalue weighted by atomic mass is 35.5. The van der Waals surface area contributed by atoms with E-state index in [1.807, 2.05) is 13.8 Å². The van der Waals surface area contributed by atoms with Gasteiger partial charge in [0.2, 0.25) is 10.0 Å². The molecule has 8 nitrogen and oxygen atoms in total. The number of rotatable bonds is 9. The van der Waals surface area contributed by atoms with E-state index in [-0.39, 0.29) is 41.5 Å². The predicted octanol–water partition coefficient (Wildman–Crippen LogP) is 4.04. The summed E-state index contributed by atoms with van der Waals surface area (Å²) in [5, 5.41) is 6.78. The molecule has 1 aliphatic rings. The van der Waals surface area contributed by atoms with Crippen LogP contribution in [0.2, 0.25) is 0 Å². The third kappa shape index (κ3) is 5.90. The molecule has 3 rings (SSSR count). The Morgan fingerprint density at radius 1 is 1.14 bits per heavy atom. The third-order valence-corrected chi connectivity index (χ3v) is 9.05. The van der Waals surface area contributed by atoms with E-state index < -0.39 is 27.4 Å². The number of benzene rings is 1. The zero-order chi connectivity index (χ0) is 26.2. The summed E-state index contributed by atoms with van der Waals surface area (Å²) in [6, 6.07) is 5.64. The third-order valence-electron chi connectivity index (χ3n) is 5.74. The smallest absolute Gasteiger partial charge is 0.256 e. The molecule has 4 N–H and O–H groups in total. The van der Waals surface area contributed by atoms with Crippen LogP contribution in [-0.2, 0) is 22.0 Å². The van der Waals surface area contributed by atoms with E-state index in [0.717, 1.165) is 10.4 Å². The van der Waals surface area contributed by atoms with Gasteiger partial charge in [-0.05, 0) is 63.9 Å². The van der Waals surface area contributed by atoms with E-state index >= 15 is 0 Å². The van der Waals surface area contributed by atoms with Gasteiger partial charge in [-0.3, -0.25) is 9.59 Å². The fourth-order valence-electron chi connectivity index (χ4n) is 4.54.